The summed E-state index contributed by atoms with van der Waals surface area (Å²) in [6.45, 7) is 10.2. The minimum absolute atomic E-state index is 0.393. The third-order valence-corrected chi connectivity index (χ3v) is 3.38. The monoisotopic (exact) mass is 315 g/mol. The lowest BCUT2D eigenvalue weighted by molar-refractivity contribution is 0.0528. The maximum absolute atomic E-state index is 11.7. The molecule has 23 heavy (non-hydrogen) atoms. The predicted octanol–water partition coefficient (Wildman–Crippen LogP) is 3.56. The van der Waals surface area contributed by atoms with Crippen LogP contribution < -0.4 is 5.32 Å². The third-order valence-electron chi connectivity index (χ3n) is 3.38. The van der Waals surface area contributed by atoms with Crippen molar-refractivity contribution >= 4 is 6.09 Å². The Kier molecular flexibility index (Phi) is 5.08. The van der Waals surface area contributed by atoms with Crippen LogP contribution in [-0.4, -0.2) is 27.8 Å². The van der Waals surface area contributed by atoms with Crippen LogP contribution in [0.2, 0.25) is 0 Å². The molecule has 0 radical (unpaired) electrons. The van der Waals surface area contributed by atoms with Gasteiger partial charge in [0.2, 0.25) is 0 Å². The van der Waals surface area contributed by atoms with E-state index in [9.17, 15) is 4.79 Å². The maximum atomic E-state index is 11.7. The second-order valence-electron chi connectivity index (χ2n) is 6.72. The lowest BCUT2D eigenvalue weighted by atomic mass is 10.1. The van der Waals surface area contributed by atoms with E-state index in [0.29, 0.717) is 13.0 Å². The van der Waals surface area contributed by atoms with Crippen molar-refractivity contribution in [1.29, 1.82) is 0 Å². The highest BCUT2D eigenvalue weighted by molar-refractivity contribution is 5.67. The Bertz CT molecular complexity index is 684. The van der Waals surface area contributed by atoms with Crippen LogP contribution >= 0.6 is 0 Å². The molecule has 0 aliphatic carbocycles. The fraction of sp³-hybridized carbons (Fsp3) is 0.444. The number of carbonyl (C=O) groups excluding carboxylic acids is 1. The predicted molar refractivity (Wildman–Crippen MR) is 91.0 cm³/mol. The van der Waals surface area contributed by atoms with Crippen LogP contribution in [0.4, 0.5) is 4.79 Å². The van der Waals surface area contributed by atoms with Gasteiger partial charge in [-0.2, -0.15) is 0 Å². The molecule has 124 valence electrons. The molecule has 1 aromatic heterocycles. The summed E-state index contributed by atoms with van der Waals surface area (Å²) in [6, 6.07) is 6.33. The number of alkyl carbamates (subject to hydrolysis) is 1. The molecule has 0 saturated heterocycles. The largest absolute Gasteiger partial charge is 0.444 e. The first kappa shape index (κ1) is 17.1. The van der Waals surface area contributed by atoms with Gasteiger partial charge in [0.05, 0.1) is 6.33 Å². The molecule has 1 aromatic carbocycles. The highest BCUT2D eigenvalue weighted by Crippen LogP contribution is 2.17. The van der Waals surface area contributed by atoms with E-state index >= 15 is 0 Å². The molecule has 0 aliphatic heterocycles. The molecule has 5 nitrogen and oxygen atoms in total. The molecule has 2 rings (SSSR count). The van der Waals surface area contributed by atoms with E-state index in [1.54, 1.807) is 6.33 Å². The summed E-state index contributed by atoms with van der Waals surface area (Å²) in [5.41, 5.74) is 4.11. The van der Waals surface area contributed by atoms with Crippen LogP contribution in [0.25, 0.3) is 5.69 Å². The number of rotatable bonds is 4. The molecular weight excluding hydrogens is 290 g/mol. The van der Waals surface area contributed by atoms with E-state index in [1.807, 2.05) is 27.0 Å². The number of ether oxygens (including phenoxy) is 1. The minimum Gasteiger partial charge on any atom is -0.444 e. The Morgan fingerprint density at radius 2 is 2.04 bits per heavy atom. The summed E-state index contributed by atoms with van der Waals surface area (Å²) >= 11 is 0. The van der Waals surface area contributed by atoms with Crippen molar-refractivity contribution in [3.63, 3.8) is 0 Å². The molecule has 0 bridgehead atoms. The number of hydrogen-bond acceptors (Lipinski definition) is 3. The summed E-state index contributed by atoms with van der Waals surface area (Å²) in [4.78, 5) is 15.9. The van der Waals surface area contributed by atoms with E-state index in [0.717, 1.165) is 11.4 Å². The molecule has 0 aliphatic rings. The summed E-state index contributed by atoms with van der Waals surface area (Å²) in [5, 5.41) is 2.78. The van der Waals surface area contributed by atoms with Crippen molar-refractivity contribution in [2.45, 2.75) is 46.6 Å². The molecule has 0 fully saturated rings. The Labute approximate surface area is 137 Å². The Morgan fingerprint density at radius 3 is 2.70 bits per heavy atom. The van der Waals surface area contributed by atoms with Crippen LogP contribution in [-0.2, 0) is 11.2 Å². The number of amides is 1. The number of aromatic nitrogens is 2. The number of nitrogens with one attached hydrogen (secondary N) is 1. The molecule has 0 atom stereocenters. The van der Waals surface area contributed by atoms with Crippen molar-refractivity contribution < 1.29 is 9.53 Å². The molecule has 1 N–H and O–H groups in total. The summed E-state index contributed by atoms with van der Waals surface area (Å²) < 4.78 is 7.29. The number of benzene rings is 1. The van der Waals surface area contributed by atoms with Gasteiger partial charge in [0.1, 0.15) is 5.60 Å². The number of nitrogens with zero attached hydrogens (tertiary/aromatic N) is 2. The van der Waals surface area contributed by atoms with E-state index in [1.165, 1.54) is 11.1 Å². The minimum atomic E-state index is -0.481. The number of imidazole rings is 1. The zero-order chi connectivity index (χ0) is 17.0. The van der Waals surface area contributed by atoms with E-state index in [2.05, 4.69) is 46.9 Å². The van der Waals surface area contributed by atoms with E-state index in [-0.39, 0.29) is 0 Å². The van der Waals surface area contributed by atoms with Crippen molar-refractivity contribution in [2.75, 3.05) is 6.54 Å². The number of hydrogen-bond donors (Lipinski definition) is 1. The molecule has 2 aromatic rings. The highest BCUT2D eigenvalue weighted by Gasteiger charge is 2.15. The van der Waals surface area contributed by atoms with Gasteiger partial charge >= 0.3 is 6.09 Å². The molecule has 1 amide bonds. The van der Waals surface area contributed by atoms with Crippen molar-refractivity contribution in [2.24, 2.45) is 0 Å². The summed E-state index contributed by atoms with van der Waals surface area (Å²) in [5.74, 6) is 0. The van der Waals surface area contributed by atoms with Gasteiger partial charge < -0.3 is 14.6 Å². The van der Waals surface area contributed by atoms with Gasteiger partial charge in [-0.05, 0) is 46.2 Å². The first-order chi connectivity index (χ1) is 10.8. The molecule has 0 unspecified atom stereocenters. The first-order valence-corrected chi connectivity index (χ1v) is 7.82. The van der Waals surface area contributed by atoms with Gasteiger partial charge in [0.25, 0.3) is 0 Å². The topological polar surface area (TPSA) is 56.2 Å². The molecule has 1 heterocycles. The smallest absolute Gasteiger partial charge is 0.407 e. The third kappa shape index (κ3) is 4.84. The van der Waals surface area contributed by atoms with E-state index in [4.69, 9.17) is 4.74 Å². The second-order valence-corrected chi connectivity index (χ2v) is 6.72. The van der Waals surface area contributed by atoms with Gasteiger partial charge in [0.15, 0.2) is 0 Å². The normalized spacial score (nSPS) is 11.3. The highest BCUT2D eigenvalue weighted by atomic mass is 16.6. The average Bonchev–Trinajstić information content (AvgIpc) is 2.85. The SMILES string of the molecule is Cc1ccc(-n2cncc2CCNC(=O)OC(C)(C)C)c(C)c1. The quantitative estimate of drug-likeness (QED) is 0.938. The standard InChI is InChI=1S/C18H25N3O2/c1-13-6-7-16(14(2)10-13)21-12-19-11-15(21)8-9-20-17(22)23-18(3,4)5/h6-7,10-12H,8-9H2,1-5H3,(H,20,22). The van der Waals surface area contributed by atoms with Gasteiger partial charge in [-0.3, -0.25) is 0 Å². The zero-order valence-corrected chi connectivity index (χ0v) is 14.5. The Morgan fingerprint density at radius 1 is 1.30 bits per heavy atom. The fourth-order valence-corrected chi connectivity index (χ4v) is 2.41. The fourth-order valence-electron chi connectivity index (χ4n) is 2.41. The van der Waals surface area contributed by atoms with Gasteiger partial charge in [-0.1, -0.05) is 17.7 Å². The van der Waals surface area contributed by atoms with Crippen LogP contribution in [0, 0.1) is 13.8 Å². The Balaban J connectivity index is 2.01. The lowest BCUT2D eigenvalue weighted by Gasteiger charge is -2.19. The van der Waals surface area contributed by atoms with Gasteiger partial charge in [-0.15, -0.1) is 0 Å². The number of carbonyl (C=O) groups is 1. The van der Waals surface area contributed by atoms with Crippen LogP contribution in [0.15, 0.2) is 30.7 Å². The van der Waals surface area contributed by atoms with Crippen molar-refractivity contribution in [3.05, 3.63) is 47.5 Å². The van der Waals surface area contributed by atoms with E-state index < -0.39 is 11.7 Å². The number of aryl methyl sites for hydroxylation is 2. The first-order valence-electron chi connectivity index (χ1n) is 7.82. The summed E-state index contributed by atoms with van der Waals surface area (Å²) in [7, 11) is 0. The molecule has 5 heteroatoms. The van der Waals surface area contributed by atoms with Crippen LogP contribution in [0.3, 0.4) is 0 Å². The van der Waals surface area contributed by atoms with Crippen LogP contribution in [0.5, 0.6) is 0 Å². The average molecular weight is 315 g/mol. The van der Waals surface area contributed by atoms with Crippen molar-refractivity contribution in [1.82, 2.24) is 14.9 Å². The van der Waals surface area contributed by atoms with Crippen molar-refractivity contribution in [3.8, 4) is 5.69 Å². The molecular formula is C18H25N3O2. The molecule has 0 saturated carbocycles. The Hall–Kier alpha value is -2.30. The van der Waals surface area contributed by atoms with Gasteiger partial charge in [-0.25, -0.2) is 9.78 Å². The second kappa shape index (κ2) is 6.86. The van der Waals surface area contributed by atoms with Gasteiger partial charge in [0, 0.05) is 30.5 Å². The maximum Gasteiger partial charge on any atom is 0.407 e. The van der Waals surface area contributed by atoms with Crippen LogP contribution in [0.1, 0.15) is 37.6 Å². The zero-order valence-electron chi connectivity index (χ0n) is 14.5. The summed E-state index contributed by atoms with van der Waals surface area (Å²) in [6.07, 6.45) is 3.93. The molecule has 0 spiro atoms. The lowest BCUT2D eigenvalue weighted by Crippen LogP contribution is -2.33.